The molecular formula is C12H14Cl2O4. The van der Waals surface area contributed by atoms with Crippen molar-refractivity contribution in [3.63, 3.8) is 0 Å². The van der Waals surface area contributed by atoms with Gasteiger partial charge in [0.05, 0.1) is 25.3 Å². The van der Waals surface area contributed by atoms with Crippen LogP contribution in [0.2, 0.25) is 10.0 Å². The second kappa shape index (κ2) is 7.46. The van der Waals surface area contributed by atoms with Gasteiger partial charge in [0.25, 0.3) is 0 Å². The van der Waals surface area contributed by atoms with Crippen LogP contribution in [0.25, 0.3) is 0 Å². The van der Waals surface area contributed by atoms with Crippen LogP contribution in [-0.4, -0.2) is 24.8 Å². The molecular weight excluding hydrogens is 279 g/mol. The zero-order valence-electron chi connectivity index (χ0n) is 9.91. The van der Waals surface area contributed by atoms with E-state index in [4.69, 9.17) is 27.9 Å². The number of halogens is 2. The van der Waals surface area contributed by atoms with Crippen LogP contribution in [-0.2, 0) is 16.1 Å². The molecule has 1 N–H and O–H groups in total. The molecule has 1 rings (SSSR count). The fraction of sp³-hybridized carbons (Fsp3) is 0.417. The third-order valence-corrected chi connectivity index (χ3v) is 2.75. The first-order valence-electron chi connectivity index (χ1n) is 5.37. The minimum atomic E-state index is -0.289. The summed E-state index contributed by atoms with van der Waals surface area (Å²) in [6, 6.07) is 3.13. The van der Waals surface area contributed by atoms with Crippen molar-refractivity contribution in [1.82, 2.24) is 0 Å². The molecule has 18 heavy (non-hydrogen) atoms. The lowest BCUT2D eigenvalue weighted by Gasteiger charge is -2.12. The van der Waals surface area contributed by atoms with Crippen molar-refractivity contribution in [1.29, 1.82) is 0 Å². The molecule has 4 nitrogen and oxygen atoms in total. The number of hydrogen-bond acceptors (Lipinski definition) is 4. The monoisotopic (exact) mass is 292 g/mol. The van der Waals surface area contributed by atoms with Crippen molar-refractivity contribution in [3.05, 3.63) is 27.7 Å². The first-order chi connectivity index (χ1) is 8.58. The maximum atomic E-state index is 10.9. The fourth-order valence-corrected chi connectivity index (χ4v) is 1.98. The normalized spacial score (nSPS) is 10.2. The van der Waals surface area contributed by atoms with E-state index in [1.807, 2.05) is 0 Å². The summed E-state index contributed by atoms with van der Waals surface area (Å²) in [5, 5.41) is 9.95. The molecule has 0 aliphatic rings. The minimum Gasteiger partial charge on any atom is -0.492 e. The highest BCUT2D eigenvalue weighted by atomic mass is 35.5. The molecule has 100 valence electrons. The van der Waals surface area contributed by atoms with Gasteiger partial charge in [0.2, 0.25) is 0 Å². The van der Waals surface area contributed by atoms with Gasteiger partial charge in [-0.25, -0.2) is 0 Å². The van der Waals surface area contributed by atoms with Gasteiger partial charge < -0.3 is 14.6 Å². The summed E-state index contributed by atoms with van der Waals surface area (Å²) >= 11 is 11.8. The number of rotatable bonds is 6. The number of methoxy groups -OCH3 is 1. The molecule has 0 aromatic heterocycles. The number of carbonyl (C=O) groups is 1. The third-order valence-electron chi connectivity index (χ3n) is 2.25. The van der Waals surface area contributed by atoms with Crippen molar-refractivity contribution < 1.29 is 19.4 Å². The van der Waals surface area contributed by atoms with Crippen LogP contribution in [0.15, 0.2) is 12.1 Å². The number of esters is 1. The van der Waals surface area contributed by atoms with Gasteiger partial charge in [0.1, 0.15) is 5.75 Å². The van der Waals surface area contributed by atoms with Gasteiger partial charge in [-0.1, -0.05) is 23.2 Å². The number of hydrogen-bond donors (Lipinski definition) is 1. The van der Waals surface area contributed by atoms with Gasteiger partial charge in [-0.15, -0.1) is 0 Å². The number of carbonyl (C=O) groups excluding carboxylic acids is 1. The van der Waals surface area contributed by atoms with Gasteiger partial charge in [0, 0.05) is 17.0 Å². The molecule has 0 aliphatic heterocycles. The lowest BCUT2D eigenvalue weighted by molar-refractivity contribution is -0.140. The van der Waals surface area contributed by atoms with E-state index >= 15 is 0 Å². The van der Waals surface area contributed by atoms with E-state index in [0.717, 1.165) is 0 Å². The quantitative estimate of drug-likeness (QED) is 0.647. The van der Waals surface area contributed by atoms with Crippen molar-refractivity contribution in [3.8, 4) is 5.75 Å². The van der Waals surface area contributed by atoms with E-state index in [1.54, 1.807) is 6.07 Å². The summed E-state index contributed by atoms with van der Waals surface area (Å²) in [6.07, 6.45) is 0.784. The maximum absolute atomic E-state index is 10.9. The van der Waals surface area contributed by atoms with E-state index < -0.39 is 0 Å². The first-order valence-corrected chi connectivity index (χ1v) is 6.12. The molecule has 0 fully saturated rings. The van der Waals surface area contributed by atoms with Crippen LogP contribution < -0.4 is 4.74 Å². The Morgan fingerprint density at radius 3 is 2.72 bits per heavy atom. The Hall–Kier alpha value is -0.970. The highest BCUT2D eigenvalue weighted by Gasteiger charge is 2.10. The number of ether oxygens (including phenoxy) is 2. The summed E-state index contributed by atoms with van der Waals surface area (Å²) in [4.78, 5) is 10.9. The average molecular weight is 293 g/mol. The smallest absolute Gasteiger partial charge is 0.305 e. The topological polar surface area (TPSA) is 55.8 Å². The molecule has 0 spiro atoms. The van der Waals surface area contributed by atoms with Crippen LogP contribution in [0.3, 0.4) is 0 Å². The van der Waals surface area contributed by atoms with Crippen molar-refractivity contribution in [2.45, 2.75) is 19.4 Å². The van der Waals surface area contributed by atoms with Crippen molar-refractivity contribution >= 4 is 29.2 Å². The Labute approximate surface area is 115 Å². The van der Waals surface area contributed by atoms with Gasteiger partial charge in [-0.3, -0.25) is 4.79 Å². The summed E-state index contributed by atoms with van der Waals surface area (Å²) < 4.78 is 9.96. The van der Waals surface area contributed by atoms with E-state index in [1.165, 1.54) is 13.2 Å². The molecule has 0 aliphatic carbocycles. The second-order valence-electron chi connectivity index (χ2n) is 3.56. The first kappa shape index (κ1) is 15.1. The Balaban J connectivity index is 2.59. The predicted octanol–water partition coefficient (Wildman–Crippen LogP) is 2.82. The predicted molar refractivity (Wildman–Crippen MR) is 69.1 cm³/mol. The molecule has 6 heteroatoms. The van der Waals surface area contributed by atoms with Crippen LogP contribution >= 0.6 is 23.2 Å². The fourth-order valence-electron chi connectivity index (χ4n) is 1.39. The summed E-state index contributed by atoms with van der Waals surface area (Å²) in [6.45, 7) is 0.0933. The highest BCUT2D eigenvalue weighted by molar-refractivity contribution is 6.35. The molecule has 0 radical (unpaired) electrons. The molecule has 0 saturated carbocycles. The Morgan fingerprint density at radius 2 is 2.11 bits per heavy atom. The SMILES string of the molecule is COC(=O)CCCOc1c(Cl)cc(Cl)cc1CO. The largest absolute Gasteiger partial charge is 0.492 e. The number of aliphatic hydroxyl groups excluding tert-OH is 1. The molecule has 0 amide bonds. The summed E-state index contributed by atoms with van der Waals surface area (Å²) in [5.41, 5.74) is 0.519. The number of aliphatic hydroxyl groups is 1. The van der Waals surface area contributed by atoms with Crippen LogP contribution in [0, 0.1) is 0 Å². The highest BCUT2D eigenvalue weighted by Crippen LogP contribution is 2.32. The molecule has 0 unspecified atom stereocenters. The Kier molecular flexibility index (Phi) is 6.25. The van der Waals surface area contributed by atoms with E-state index in [9.17, 15) is 9.90 Å². The van der Waals surface area contributed by atoms with Crippen molar-refractivity contribution in [2.75, 3.05) is 13.7 Å². The maximum Gasteiger partial charge on any atom is 0.305 e. The second-order valence-corrected chi connectivity index (χ2v) is 4.41. The molecule has 0 saturated heterocycles. The standard InChI is InChI=1S/C12H14Cl2O4/c1-17-11(16)3-2-4-18-12-8(7-15)5-9(13)6-10(12)14/h5-6,15H,2-4,7H2,1H3. The lowest BCUT2D eigenvalue weighted by atomic mass is 10.2. The lowest BCUT2D eigenvalue weighted by Crippen LogP contribution is -2.06. The van der Waals surface area contributed by atoms with Crippen LogP contribution in [0.1, 0.15) is 18.4 Å². The van der Waals surface area contributed by atoms with E-state index in [-0.39, 0.29) is 19.0 Å². The van der Waals surface area contributed by atoms with Gasteiger partial charge >= 0.3 is 5.97 Å². The van der Waals surface area contributed by atoms with Gasteiger partial charge in [-0.2, -0.15) is 0 Å². The summed E-state index contributed by atoms with van der Waals surface area (Å²) in [7, 11) is 1.34. The third kappa shape index (κ3) is 4.37. The number of benzene rings is 1. The zero-order valence-corrected chi connectivity index (χ0v) is 11.4. The molecule has 0 heterocycles. The van der Waals surface area contributed by atoms with Crippen LogP contribution in [0.4, 0.5) is 0 Å². The van der Waals surface area contributed by atoms with Gasteiger partial charge in [-0.05, 0) is 18.6 Å². The van der Waals surface area contributed by atoms with E-state index in [0.29, 0.717) is 34.4 Å². The Bertz CT molecular complexity index is 421. The Morgan fingerprint density at radius 1 is 1.39 bits per heavy atom. The van der Waals surface area contributed by atoms with E-state index in [2.05, 4.69) is 4.74 Å². The van der Waals surface area contributed by atoms with Gasteiger partial charge in [0.15, 0.2) is 0 Å². The van der Waals surface area contributed by atoms with Crippen molar-refractivity contribution in [2.24, 2.45) is 0 Å². The molecule has 1 aromatic carbocycles. The minimum absolute atomic E-state index is 0.216. The molecule has 0 bridgehead atoms. The van der Waals surface area contributed by atoms with Crippen LogP contribution in [0.5, 0.6) is 5.75 Å². The zero-order chi connectivity index (χ0) is 13.5. The molecule has 1 aromatic rings. The molecule has 0 atom stereocenters. The summed E-state index contributed by atoms with van der Waals surface area (Å²) in [5.74, 6) is 0.108. The average Bonchev–Trinajstić information content (AvgIpc) is 2.35.